The molecule has 0 bridgehead atoms. The maximum atomic E-state index is 5.55. The molecule has 0 fully saturated rings. The summed E-state index contributed by atoms with van der Waals surface area (Å²) < 4.78 is 0. The zero-order valence-electron chi connectivity index (χ0n) is 10.7. The summed E-state index contributed by atoms with van der Waals surface area (Å²) in [5, 5.41) is 5.68. The van der Waals surface area contributed by atoms with Crippen molar-refractivity contribution in [1.29, 1.82) is 0 Å². The van der Waals surface area contributed by atoms with Gasteiger partial charge in [-0.1, -0.05) is 42.5 Å². The summed E-state index contributed by atoms with van der Waals surface area (Å²) in [4.78, 5) is 4.65. The molecule has 1 heterocycles. The SMILES string of the molecule is NC(=S)c1ccc(Nc2ccc3ccccc3c2)nc1. The van der Waals surface area contributed by atoms with Gasteiger partial charge in [0.2, 0.25) is 0 Å². The number of thiocarbonyl (C=S) groups is 1. The summed E-state index contributed by atoms with van der Waals surface area (Å²) in [7, 11) is 0. The lowest BCUT2D eigenvalue weighted by Crippen LogP contribution is -2.09. The number of nitrogens with zero attached hydrogens (tertiary/aromatic N) is 1. The van der Waals surface area contributed by atoms with Gasteiger partial charge in [-0.3, -0.25) is 0 Å². The van der Waals surface area contributed by atoms with Crippen LogP contribution >= 0.6 is 12.2 Å². The topological polar surface area (TPSA) is 50.9 Å². The van der Waals surface area contributed by atoms with E-state index in [9.17, 15) is 0 Å². The molecule has 3 nitrogen and oxygen atoms in total. The molecule has 0 aliphatic carbocycles. The fourth-order valence-electron chi connectivity index (χ4n) is 2.03. The molecule has 0 atom stereocenters. The van der Waals surface area contributed by atoms with Crippen molar-refractivity contribution in [2.45, 2.75) is 0 Å². The molecule has 4 heteroatoms. The third kappa shape index (κ3) is 2.60. The molecule has 0 radical (unpaired) electrons. The van der Waals surface area contributed by atoms with Crippen LogP contribution in [0.3, 0.4) is 0 Å². The molecule has 0 spiro atoms. The van der Waals surface area contributed by atoms with E-state index >= 15 is 0 Å². The first-order valence-corrected chi connectivity index (χ1v) is 6.65. The quantitative estimate of drug-likeness (QED) is 0.719. The van der Waals surface area contributed by atoms with Gasteiger partial charge < -0.3 is 11.1 Å². The van der Waals surface area contributed by atoms with Crippen LogP contribution in [0.25, 0.3) is 10.8 Å². The van der Waals surface area contributed by atoms with E-state index in [1.807, 2.05) is 30.3 Å². The van der Waals surface area contributed by atoms with Gasteiger partial charge in [0.05, 0.1) is 0 Å². The Bertz CT molecular complexity index is 766. The first-order chi connectivity index (χ1) is 9.72. The molecule has 3 aromatic rings. The van der Waals surface area contributed by atoms with Gasteiger partial charge in [0, 0.05) is 17.4 Å². The van der Waals surface area contributed by atoms with Crippen LogP contribution in [-0.4, -0.2) is 9.97 Å². The van der Waals surface area contributed by atoms with E-state index in [1.165, 1.54) is 10.8 Å². The molecule has 2 aromatic carbocycles. The molecule has 1 aromatic heterocycles. The molecular weight excluding hydrogens is 266 g/mol. The van der Waals surface area contributed by atoms with E-state index in [2.05, 4.69) is 34.6 Å². The van der Waals surface area contributed by atoms with Crippen molar-refractivity contribution in [2.24, 2.45) is 5.73 Å². The van der Waals surface area contributed by atoms with Gasteiger partial charge in [-0.2, -0.15) is 0 Å². The zero-order chi connectivity index (χ0) is 13.9. The Kier molecular flexibility index (Phi) is 3.31. The highest BCUT2D eigenvalue weighted by Crippen LogP contribution is 2.21. The number of rotatable bonds is 3. The number of nitrogens with one attached hydrogen (secondary N) is 1. The van der Waals surface area contributed by atoms with Crippen molar-refractivity contribution in [3.63, 3.8) is 0 Å². The standard InChI is InChI=1S/C16H13N3S/c17-16(20)13-6-8-15(18-10-13)19-14-7-5-11-3-1-2-4-12(11)9-14/h1-10H,(H2,17,20)(H,18,19). The summed E-state index contributed by atoms with van der Waals surface area (Å²) >= 11 is 4.91. The fraction of sp³-hybridized carbons (Fsp3) is 0. The van der Waals surface area contributed by atoms with E-state index in [-0.39, 0.29) is 0 Å². The van der Waals surface area contributed by atoms with Crippen LogP contribution in [0.2, 0.25) is 0 Å². The first kappa shape index (κ1) is 12.6. The molecule has 0 amide bonds. The number of fused-ring (bicyclic) bond motifs is 1. The molecule has 0 saturated carbocycles. The van der Waals surface area contributed by atoms with Crippen molar-refractivity contribution in [3.8, 4) is 0 Å². The maximum absolute atomic E-state index is 5.55. The second-order valence-corrected chi connectivity index (χ2v) is 4.92. The molecule has 0 aliphatic rings. The van der Waals surface area contributed by atoms with Gasteiger partial charge in [-0.25, -0.2) is 4.98 Å². The highest BCUT2D eigenvalue weighted by atomic mass is 32.1. The van der Waals surface area contributed by atoms with Crippen molar-refractivity contribution in [3.05, 3.63) is 66.4 Å². The number of hydrogen-bond donors (Lipinski definition) is 2. The average molecular weight is 279 g/mol. The van der Waals surface area contributed by atoms with Gasteiger partial charge in [-0.15, -0.1) is 0 Å². The number of nitrogens with two attached hydrogens (primary N) is 1. The Hall–Kier alpha value is -2.46. The normalized spacial score (nSPS) is 10.4. The number of hydrogen-bond acceptors (Lipinski definition) is 3. The fourth-order valence-corrected chi connectivity index (χ4v) is 2.15. The van der Waals surface area contributed by atoms with Crippen LogP contribution in [0, 0.1) is 0 Å². The Morgan fingerprint density at radius 3 is 2.50 bits per heavy atom. The molecule has 3 N–H and O–H groups in total. The maximum Gasteiger partial charge on any atom is 0.130 e. The Morgan fingerprint density at radius 1 is 1.00 bits per heavy atom. The Balaban J connectivity index is 1.87. The summed E-state index contributed by atoms with van der Waals surface area (Å²) in [5.41, 5.74) is 7.32. The van der Waals surface area contributed by atoms with E-state index in [0.29, 0.717) is 4.99 Å². The Morgan fingerprint density at radius 2 is 1.80 bits per heavy atom. The summed E-state index contributed by atoms with van der Waals surface area (Å²) in [6.07, 6.45) is 1.67. The zero-order valence-corrected chi connectivity index (χ0v) is 11.5. The minimum atomic E-state index is 0.356. The van der Waals surface area contributed by atoms with Crippen LogP contribution in [0.5, 0.6) is 0 Å². The number of benzene rings is 2. The van der Waals surface area contributed by atoms with Crippen molar-refractivity contribution < 1.29 is 0 Å². The molecular formula is C16H13N3S. The van der Waals surface area contributed by atoms with Gasteiger partial charge in [-0.05, 0) is 35.0 Å². The van der Waals surface area contributed by atoms with Gasteiger partial charge in [0.25, 0.3) is 0 Å². The average Bonchev–Trinajstić information content (AvgIpc) is 2.48. The summed E-state index contributed by atoms with van der Waals surface area (Å²) in [5.74, 6) is 0.764. The molecule has 0 aliphatic heterocycles. The number of anilines is 2. The Labute approximate surface area is 122 Å². The lowest BCUT2D eigenvalue weighted by molar-refractivity contribution is 1.30. The van der Waals surface area contributed by atoms with Crippen molar-refractivity contribution >= 4 is 39.5 Å². The summed E-state index contributed by atoms with van der Waals surface area (Å²) in [6.45, 7) is 0. The highest BCUT2D eigenvalue weighted by molar-refractivity contribution is 7.80. The monoisotopic (exact) mass is 279 g/mol. The van der Waals surface area contributed by atoms with E-state index in [4.69, 9.17) is 18.0 Å². The second kappa shape index (κ2) is 5.27. The first-order valence-electron chi connectivity index (χ1n) is 6.24. The number of aromatic nitrogens is 1. The van der Waals surface area contributed by atoms with Gasteiger partial charge in [0.1, 0.15) is 10.8 Å². The van der Waals surface area contributed by atoms with E-state index < -0.39 is 0 Å². The lowest BCUT2D eigenvalue weighted by Gasteiger charge is -2.07. The van der Waals surface area contributed by atoms with E-state index in [0.717, 1.165) is 17.1 Å². The molecule has 98 valence electrons. The molecule has 3 rings (SSSR count). The molecule has 0 saturated heterocycles. The van der Waals surface area contributed by atoms with Crippen LogP contribution in [0.1, 0.15) is 5.56 Å². The minimum Gasteiger partial charge on any atom is -0.389 e. The lowest BCUT2D eigenvalue weighted by atomic mass is 10.1. The minimum absolute atomic E-state index is 0.356. The third-order valence-corrected chi connectivity index (χ3v) is 3.31. The highest BCUT2D eigenvalue weighted by Gasteiger charge is 2.00. The summed E-state index contributed by atoms with van der Waals surface area (Å²) in [6, 6.07) is 18.2. The smallest absolute Gasteiger partial charge is 0.130 e. The van der Waals surface area contributed by atoms with Gasteiger partial charge >= 0.3 is 0 Å². The molecule has 20 heavy (non-hydrogen) atoms. The largest absolute Gasteiger partial charge is 0.389 e. The van der Waals surface area contributed by atoms with Crippen LogP contribution in [-0.2, 0) is 0 Å². The van der Waals surface area contributed by atoms with Crippen molar-refractivity contribution in [2.75, 3.05) is 5.32 Å². The third-order valence-electron chi connectivity index (χ3n) is 3.07. The second-order valence-electron chi connectivity index (χ2n) is 4.48. The van der Waals surface area contributed by atoms with Crippen molar-refractivity contribution in [1.82, 2.24) is 4.98 Å². The van der Waals surface area contributed by atoms with Gasteiger partial charge in [0.15, 0.2) is 0 Å². The predicted octanol–water partition coefficient (Wildman–Crippen LogP) is 3.61. The van der Waals surface area contributed by atoms with Crippen LogP contribution < -0.4 is 11.1 Å². The number of pyridine rings is 1. The van der Waals surface area contributed by atoms with Crippen LogP contribution in [0.4, 0.5) is 11.5 Å². The van der Waals surface area contributed by atoms with Crippen LogP contribution in [0.15, 0.2) is 60.8 Å². The van der Waals surface area contributed by atoms with E-state index in [1.54, 1.807) is 6.20 Å². The predicted molar refractivity (Wildman–Crippen MR) is 87.4 cm³/mol. The molecule has 0 unspecified atom stereocenters.